The molecular weight excluding hydrogens is 390 g/mol. The predicted octanol–water partition coefficient (Wildman–Crippen LogP) is 3.89. The second-order valence-corrected chi connectivity index (χ2v) is 9.31. The van der Waals surface area contributed by atoms with Gasteiger partial charge in [-0.05, 0) is 49.7 Å². The molecule has 2 amide bonds. The molecule has 0 N–H and O–H groups in total. The Morgan fingerprint density at radius 3 is 2.84 bits per heavy atom. The van der Waals surface area contributed by atoms with Crippen LogP contribution in [0.1, 0.15) is 55.9 Å². The molecule has 0 spiro atoms. The first-order valence-corrected chi connectivity index (χ1v) is 11.6. The number of methoxy groups -OCH3 is 1. The van der Waals surface area contributed by atoms with Gasteiger partial charge in [0.2, 0.25) is 5.91 Å². The molecule has 3 aliphatic heterocycles. The number of amides is 2. The van der Waals surface area contributed by atoms with E-state index in [0.717, 1.165) is 43.0 Å². The number of hydrogen-bond donors (Lipinski definition) is 0. The molecule has 1 aromatic carbocycles. The molecule has 5 rings (SSSR count). The first-order valence-electron chi connectivity index (χ1n) is 11.6. The minimum Gasteiger partial charge on any atom is -0.496 e. The smallest absolute Gasteiger partial charge is 0.272 e. The molecule has 31 heavy (non-hydrogen) atoms. The lowest BCUT2D eigenvalue weighted by Gasteiger charge is -2.56. The van der Waals surface area contributed by atoms with Gasteiger partial charge in [0, 0.05) is 43.0 Å². The van der Waals surface area contributed by atoms with Crippen LogP contribution in [0.15, 0.2) is 30.3 Å². The minimum atomic E-state index is -0.0235. The molecule has 6 nitrogen and oxygen atoms in total. The number of piperidine rings is 3. The van der Waals surface area contributed by atoms with E-state index in [4.69, 9.17) is 4.74 Å². The van der Waals surface area contributed by atoms with Gasteiger partial charge >= 0.3 is 0 Å². The number of carbonyl (C=O) groups excluding carboxylic acids is 2. The first kappa shape index (κ1) is 20.3. The summed E-state index contributed by atoms with van der Waals surface area (Å²) in [6, 6.07) is 10.1. The highest BCUT2D eigenvalue weighted by atomic mass is 16.5. The molecule has 6 heteroatoms. The Hall–Kier alpha value is -2.63. The van der Waals surface area contributed by atoms with Crippen LogP contribution >= 0.6 is 0 Å². The molecule has 3 fully saturated rings. The Balaban J connectivity index is 1.45. The van der Waals surface area contributed by atoms with E-state index in [1.165, 1.54) is 0 Å². The van der Waals surface area contributed by atoms with Gasteiger partial charge in [0.25, 0.3) is 5.91 Å². The standard InChI is InChI=1S/C25H31N3O3/c1-3-7-21-16-12-17(22-10-6-11-24(29)28(21)22)15-27(14-16)25(30)20-13-23(31-2)18-8-4-5-9-19(18)26-20/h4-5,8-9,13,16-17,21-22H,3,6-7,10-12,14-15H2,1-2H3/t16-,17+,21-,22-/m0/s1. The fourth-order valence-electron chi connectivity index (χ4n) is 6.19. The maximum absolute atomic E-state index is 13.6. The number of aromatic nitrogens is 1. The fourth-order valence-corrected chi connectivity index (χ4v) is 6.19. The highest BCUT2D eigenvalue weighted by Crippen LogP contribution is 2.43. The van der Waals surface area contributed by atoms with Crippen molar-refractivity contribution in [3.05, 3.63) is 36.0 Å². The van der Waals surface area contributed by atoms with E-state index in [2.05, 4.69) is 16.8 Å². The second kappa shape index (κ2) is 8.13. The van der Waals surface area contributed by atoms with E-state index in [1.54, 1.807) is 13.2 Å². The van der Waals surface area contributed by atoms with E-state index in [9.17, 15) is 9.59 Å². The van der Waals surface area contributed by atoms with Gasteiger partial charge in [0.15, 0.2) is 0 Å². The van der Waals surface area contributed by atoms with Crippen LogP contribution in [0.2, 0.25) is 0 Å². The van der Waals surface area contributed by atoms with Gasteiger partial charge in [0.1, 0.15) is 11.4 Å². The third-order valence-electron chi connectivity index (χ3n) is 7.49. The zero-order chi connectivity index (χ0) is 21.5. The van der Waals surface area contributed by atoms with Crippen molar-refractivity contribution in [2.45, 2.75) is 57.5 Å². The molecule has 0 unspecified atom stereocenters. The lowest BCUT2D eigenvalue weighted by molar-refractivity contribution is -0.152. The van der Waals surface area contributed by atoms with Crippen LogP contribution in [-0.2, 0) is 4.79 Å². The number of benzene rings is 1. The molecule has 164 valence electrons. The van der Waals surface area contributed by atoms with Crippen molar-refractivity contribution in [3.63, 3.8) is 0 Å². The van der Waals surface area contributed by atoms with Crippen LogP contribution < -0.4 is 4.74 Å². The summed E-state index contributed by atoms with van der Waals surface area (Å²) in [6.45, 7) is 3.60. The Bertz CT molecular complexity index is 1010. The van der Waals surface area contributed by atoms with Gasteiger partial charge in [-0.25, -0.2) is 4.98 Å². The summed E-state index contributed by atoms with van der Waals surface area (Å²) in [7, 11) is 1.63. The lowest BCUT2D eigenvalue weighted by Crippen LogP contribution is -2.65. The van der Waals surface area contributed by atoms with Gasteiger partial charge in [-0.15, -0.1) is 0 Å². The van der Waals surface area contributed by atoms with E-state index in [1.807, 2.05) is 29.2 Å². The van der Waals surface area contributed by atoms with Gasteiger partial charge < -0.3 is 14.5 Å². The first-order chi connectivity index (χ1) is 15.1. The van der Waals surface area contributed by atoms with Crippen LogP contribution in [0.5, 0.6) is 5.75 Å². The number of pyridine rings is 1. The van der Waals surface area contributed by atoms with E-state index >= 15 is 0 Å². The molecule has 2 aromatic rings. The number of hydrogen-bond acceptors (Lipinski definition) is 4. The summed E-state index contributed by atoms with van der Waals surface area (Å²) in [5, 5.41) is 0.913. The Morgan fingerprint density at radius 1 is 1.23 bits per heavy atom. The topological polar surface area (TPSA) is 62.7 Å². The van der Waals surface area contributed by atoms with Crippen molar-refractivity contribution < 1.29 is 14.3 Å². The number of para-hydroxylation sites is 1. The van der Waals surface area contributed by atoms with Crippen LogP contribution in [-0.4, -0.2) is 58.9 Å². The van der Waals surface area contributed by atoms with Gasteiger partial charge in [-0.3, -0.25) is 9.59 Å². The van der Waals surface area contributed by atoms with Gasteiger partial charge in [0.05, 0.1) is 12.6 Å². The number of likely N-dealkylation sites (tertiary alicyclic amines) is 1. The Morgan fingerprint density at radius 2 is 2.03 bits per heavy atom. The SMILES string of the molecule is CCC[C@H]1[C@H]2C[C@H](CN(C(=O)c3cc(OC)c4ccccc4n3)C2)[C@@H]2CCCC(=O)N21. The summed E-state index contributed by atoms with van der Waals surface area (Å²) in [6.07, 6.45) is 5.91. The van der Waals surface area contributed by atoms with Gasteiger partial charge in [-0.2, -0.15) is 0 Å². The zero-order valence-corrected chi connectivity index (χ0v) is 18.4. The number of nitrogens with zero attached hydrogens (tertiary/aromatic N) is 3. The molecule has 3 aliphatic rings. The number of fused-ring (bicyclic) bond motifs is 5. The second-order valence-electron chi connectivity index (χ2n) is 9.31. The monoisotopic (exact) mass is 421 g/mol. The van der Waals surface area contributed by atoms with E-state index < -0.39 is 0 Å². The van der Waals surface area contributed by atoms with Crippen molar-refractivity contribution >= 4 is 22.7 Å². The van der Waals surface area contributed by atoms with Crippen LogP contribution in [0.4, 0.5) is 0 Å². The summed E-state index contributed by atoms with van der Waals surface area (Å²) in [4.78, 5) is 35.2. The average Bonchev–Trinajstić information content (AvgIpc) is 2.80. The highest BCUT2D eigenvalue weighted by Gasteiger charge is 2.49. The maximum atomic E-state index is 13.6. The van der Waals surface area contributed by atoms with E-state index in [-0.39, 0.29) is 18.0 Å². The summed E-state index contributed by atoms with van der Waals surface area (Å²) in [5.41, 5.74) is 1.22. The normalized spacial score (nSPS) is 27.9. The third-order valence-corrected chi connectivity index (χ3v) is 7.49. The molecule has 0 saturated carbocycles. The summed E-state index contributed by atoms with van der Waals surface area (Å²) in [5.74, 6) is 1.69. The van der Waals surface area contributed by atoms with Crippen molar-refractivity contribution in [1.82, 2.24) is 14.8 Å². The quantitative estimate of drug-likeness (QED) is 0.752. The fraction of sp³-hybridized carbons (Fsp3) is 0.560. The molecule has 1 aromatic heterocycles. The summed E-state index contributed by atoms with van der Waals surface area (Å²) < 4.78 is 5.56. The zero-order valence-electron chi connectivity index (χ0n) is 18.4. The minimum absolute atomic E-state index is 0.0235. The molecule has 4 heterocycles. The maximum Gasteiger partial charge on any atom is 0.272 e. The van der Waals surface area contributed by atoms with Crippen LogP contribution in [0, 0.1) is 11.8 Å². The number of rotatable bonds is 4. The molecule has 4 atom stereocenters. The molecule has 2 bridgehead atoms. The highest BCUT2D eigenvalue weighted by molar-refractivity contribution is 5.97. The third kappa shape index (κ3) is 3.46. The average molecular weight is 422 g/mol. The van der Waals surface area contributed by atoms with Crippen molar-refractivity contribution in [2.75, 3.05) is 20.2 Å². The largest absolute Gasteiger partial charge is 0.496 e. The van der Waals surface area contributed by atoms with Crippen molar-refractivity contribution in [3.8, 4) is 5.75 Å². The van der Waals surface area contributed by atoms with Gasteiger partial charge in [-0.1, -0.05) is 25.5 Å². The van der Waals surface area contributed by atoms with Crippen molar-refractivity contribution in [1.29, 1.82) is 0 Å². The summed E-state index contributed by atoms with van der Waals surface area (Å²) >= 11 is 0. The molecule has 0 aliphatic carbocycles. The molecule has 0 radical (unpaired) electrons. The van der Waals surface area contributed by atoms with Crippen LogP contribution in [0.3, 0.4) is 0 Å². The Kier molecular flexibility index (Phi) is 5.32. The number of ether oxygens (including phenoxy) is 1. The number of carbonyl (C=O) groups is 2. The molecular formula is C25H31N3O3. The molecule has 3 saturated heterocycles. The lowest BCUT2D eigenvalue weighted by atomic mass is 9.71. The van der Waals surface area contributed by atoms with Crippen molar-refractivity contribution in [2.24, 2.45) is 11.8 Å². The Labute approximate surface area is 183 Å². The van der Waals surface area contributed by atoms with E-state index in [0.29, 0.717) is 48.7 Å². The predicted molar refractivity (Wildman–Crippen MR) is 119 cm³/mol. The van der Waals surface area contributed by atoms with Crippen LogP contribution in [0.25, 0.3) is 10.9 Å².